The molecule has 2 unspecified atom stereocenters. The van der Waals surface area contributed by atoms with Gasteiger partial charge in [0.25, 0.3) is 0 Å². The van der Waals surface area contributed by atoms with Crippen LogP contribution in [0.5, 0.6) is 0 Å². The van der Waals surface area contributed by atoms with Gasteiger partial charge in [-0.25, -0.2) is 4.79 Å². The molecule has 1 aliphatic carbocycles. The molecule has 22 heavy (non-hydrogen) atoms. The van der Waals surface area contributed by atoms with Crippen molar-refractivity contribution >= 4 is 6.09 Å². The van der Waals surface area contributed by atoms with Crippen molar-refractivity contribution < 1.29 is 14.3 Å². The fraction of sp³-hybridized carbons (Fsp3) is 0.941. The summed E-state index contributed by atoms with van der Waals surface area (Å²) in [5.74, 6) is 0. The lowest BCUT2D eigenvalue weighted by Gasteiger charge is -2.31. The summed E-state index contributed by atoms with van der Waals surface area (Å²) >= 11 is 0. The maximum atomic E-state index is 12.2. The molecule has 1 N–H and O–H groups in total. The molecular formula is C17H34N2O3. The van der Waals surface area contributed by atoms with Gasteiger partial charge in [-0.2, -0.15) is 0 Å². The summed E-state index contributed by atoms with van der Waals surface area (Å²) in [5, 5.41) is 3.56. The van der Waals surface area contributed by atoms with Crippen LogP contribution in [0.1, 0.15) is 59.8 Å². The Labute approximate surface area is 135 Å². The molecule has 0 bridgehead atoms. The molecular weight excluding hydrogens is 280 g/mol. The quantitative estimate of drug-likeness (QED) is 0.784. The molecule has 1 rings (SSSR count). The van der Waals surface area contributed by atoms with Crippen molar-refractivity contribution in [2.45, 2.75) is 77.5 Å². The molecule has 0 aromatic rings. The van der Waals surface area contributed by atoms with Crippen molar-refractivity contribution in [1.82, 2.24) is 10.2 Å². The standard InChI is InChI=1S/C17H34N2O3/c1-6-11-19(16(20)22-17(2,3)4)12-10-18-14-8-7-9-15(13-14)21-5/h14-15,18H,6-13H2,1-5H3. The summed E-state index contributed by atoms with van der Waals surface area (Å²) in [6.07, 6.45) is 5.74. The van der Waals surface area contributed by atoms with Crippen molar-refractivity contribution in [2.75, 3.05) is 26.7 Å². The zero-order valence-corrected chi connectivity index (χ0v) is 15.0. The molecule has 1 fully saturated rings. The average Bonchev–Trinajstić information content (AvgIpc) is 2.44. The molecule has 1 aliphatic rings. The molecule has 5 nitrogen and oxygen atoms in total. The lowest BCUT2D eigenvalue weighted by Crippen LogP contribution is -2.44. The first-order chi connectivity index (χ1) is 10.4. The summed E-state index contributed by atoms with van der Waals surface area (Å²) in [7, 11) is 1.79. The second kappa shape index (κ2) is 9.36. The van der Waals surface area contributed by atoms with Crippen LogP contribution < -0.4 is 5.32 Å². The molecule has 0 aliphatic heterocycles. The van der Waals surface area contributed by atoms with Crippen LogP contribution in [0.25, 0.3) is 0 Å². The number of amides is 1. The third-order valence-corrected chi connectivity index (χ3v) is 3.92. The van der Waals surface area contributed by atoms with E-state index in [1.165, 1.54) is 12.8 Å². The summed E-state index contributed by atoms with van der Waals surface area (Å²) < 4.78 is 10.9. The highest BCUT2D eigenvalue weighted by atomic mass is 16.6. The Morgan fingerprint density at radius 2 is 2.00 bits per heavy atom. The van der Waals surface area contributed by atoms with Gasteiger partial charge in [0, 0.05) is 32.8 Å². The minimum absolute atomic E-state index is 0.213. The highest BCUT2D eigenvalue weighted by Crippen LogP contribution is 2.20. The zero-order chi connectivity index (χ0) is 16.6. The predicted molar refractivity (Wildman–Crippen MR) is 89.2 cm³/mol. The fourth-order valence-corrected chi connectivity index (χ4v) is 2.84. The molecule has 0 radical (unpaired) electrons. The molecule has 1 amide bonds. The van der Waals surface area contributed by atoms with Crippen molar-refractivity contribution in [3.05, 3.63) is 0 Å². The van der Waals surface area contributed by atoms with Crippen LogP contribution in [-0.2, 0) is 9.47 Å². The summed E-state index contributed by atoms with van der Waals surface area (Å²) in [4.78, 5) is 14.0. The Kier molecular flexibility index (Phi) is 8.18. The van der Waals surface area contributed by atoms with Crippen LogP contribution in [0.2, 0.25) is 0 Å². The van der Waals surface area contributed by atoms with E-state index < -0.39 is 5.60 Å². The number of nitrogens with one attached hydrogen (secondary N) is 1. The Hall–Kier alpha value is -0.810. The van der Waals surface area contributed by atoms with Gasteiger partial charge in [-0.1, -0.05) is 6.92 Å². The van der Waals surface area contributed by atoms with Crippen LogP contribution in [-0.4, -0.2) is 55.5 Å². The predicted octanol–water partition coefficient (Wildman–Crippen LogP) is 3.18. The zero-order valence-electron chi connectivity index (χ0n) is 15.0. The van der Waals surface area contributed by atoms with E-state index in [0.717, 1.165) is 32.4 Å². The van der Waals surface area contributed by atoms with Crippen molar-refractivity contribution in [3.8, 4) is 0 Å². The molecule has 130 valence electrons. The van der Waals surface area contributed by atoms with Crippen LogP contribution in [0.4, 0.5) is 4.79 Å². The Balaban J connectivity index is 2.36. The first kappa shape index (κ1) is 19.2. The minimum atomic E-state index is -0.439. The Morgan fingerprint density at radius 3 is 2.59 bits per heavy atom. The molecule has 0 heterocycles. The molecule has 0 spiro atoms. The maximum absolute atomic E-state index is 12.2. The number of rotatable bonds is 7. The van der Waals surface area contributed by atoms with Gasteiger partial charge in [0.15, 0.2) is 0 Å². The van der Waals surface area contributed by atoms with E-state index in [1.54, 1.807) is 12.0 Å². The first-order valence-electron chi connectivity index (χ1n) is 8.59. The lowest BCUT2D eigenvalue weighted by molar-refractivity contribution is 0.0244. The number of nitrogens with zero attached hydrogens (tertiary/aromatic N) is 1. The third kappa shape index (κ3) is 7.45. The second-order valence-corrected chi connectivity index (χ2v) is 7.14. The van der Waals surface area contributed by atoms with Crippen molar-refractivity contribution in [3.63, 3.8) is 0 Å². The van der Waals surface area contributed by atoms with Crippen LogP contribution in [0, 0.1) is 0 Å². The SMILES string of the molecule is CCCN(CCNC1CCCC(OC)C1)C(=O)OC(C)(C)C. The van der Waals surface area contributed by atoms with Crippen molar-refractivity contribution in [1.29, 1.82) is 0 Å². The van der Waals surface area contributed by atoms with Crippen LogP contribution in [0.15, 0.2) is 0 Å². The van der Waals surface area contributed by atoms with Gasteiger partial charge in [0.1, 0.15) is 5.60 Å². The normalized spacial score (nSPS) is 22.4. The smallest absolute Gasteiger partial charge is 0.410 e. The Bertz CT molecular complexity index is 328. The van der Waals surface area contributed by atoms with Crippen LogP contribution in [0.3, 0.4) is 0 Å². The fourth-order valence-electron chi connectivity index (χ4n) is 2.84. The maximum Gasteiger partial charge on any atom is 0.410 e. The van der Waals surface area contributed by atoms with Crippen LogP contribution >= 0.6 is 0 Å². The molecule has 0 saturated heterocycles. The average molecular weight is 314 g/mol. The number of methoxy groups -OCH3 is 1. The van der Waals surface area contributed by atoms with E-state index in [0.29, 0.717) is 18.7 Å². The second-order valence-electron chi connectivity index (χ2n) is 7.14. The first-order valence-corrected chi connectivity index (χ1v) is 8.59. The number of carbonyl (C=O) groups is 1. The minimum Gasteiger partial charge on any atom is -0.444 e. The highest BCUT2D eigenvalue weighted by Gasteiger charge is 2.23. The van der Waals surface area contributed by atoms with Gasteiger partial charge < -0.3 is 19.7 Å². The summed E-state index contributed by atoms with van der Waals surface area (Å²) in [6, 6.07) is 0.501. The third-order valence-electron chi connectivity index (χ3n) is 3.92. The van der Waals surface area contributed by atoms with E-state index in [1.807, 2.05) is 20.8 Å². The highest BCUT2D eigenvalue weighted by molar-refractivity contribution is 5.68. The van der Waals surface area contributed by atoms with Gasteiger partial charge in [-0.3, -0.25) is 0 Å². The van der Waals surface area contributed by atoms with E-state index in [-0.39, 0.29) is 6.09 Å². The Morgan fingerprint density at radius 1 is 1.27 bits per heavy atom. The molecule has 5 heteroatoms. The van der Waals surface area contributed by atoms with E-state index >= 15 is 0 Å². The molecule has 2 atom stereocenters. The number of ether oxygens (including phenoxy) is 2. The number of carbonyl (C=O) groups excluding carboxylic acids is 1. The number of hydrogen-bond donors (Lipinski definition) is 1. The summed E-state index contributed by atoms with van der Waals surface area (Å²) in [6.45, 7) is 10.0. The van der Waals surface area contributed by atoms with Gasteiger partial charge in [0.05, 0.1) is 6.10 Å². The summed E-state index contributed by atoms with van der Waals surface area (Å²) in [5.41, 5.74) is -0.439. The van der Waals surface area contributed by atoms with Crippen molar-refractivity contribution in [2.24, 2.45) is 0 Å². The topological polar surface area (TPSA) is 50.8 Å². The molecule has 1 saturated carbocycles. The monoisotopic (exact) mass is 314 g/mol. The lowest BCUT2D eigenvalue weighted by atomic mass is 9.93. The van der Waals surface area contributed by atoms with Gasteiger partial charge in [-0.15, -0.1) is 0 Å². The van der Waals surface area contributed by atoms with E-state index in [4.69, 9.17) is 9.47 Å². The van der Waals surface area contributed by atoms with E-state index in [2.05, 4.69) is 12.2 Å². The molecule has 0 aromatic heterocycles. The van der Waals surface area contributed by atoms with Gasteiger partial charge in [0.2, 0.25) is 0 Å². The number of hydrogen-bond acceptors (Lipinski definition) is 4. The largest absolute Gasteiger partial charge is 0.444 e. The van der Waals surface area contributed by atoms with E-state index in [9.17, 15) is 4.79 Å². The van der Waals surface area contributed by atoms with Gasteiger partial charge in [-0.05, 0) is 52.9 Å². The molecule has 0 aromatic carbocycles. The van der Waals surface area contributed by atoms with Gasteiger partial charge >= 0.3 is 6.09 Å².